The van der Waals surface area contributed by atoms with E-state index in [0.29, 0.717) is 5.56 Å². The largest absolute Gasteiger partial charge is 0.326 e. The zero-order chi connectivity index (χ0) is 15.9. The Kier molecular flexibility index (Phi) is 5.78. The fourth-order valence-electron chi connectivity index (χ4n) is 2.01. The minimum absolute atomic E-state index is 0.00659. The third kappa shape index (κ3) is 4.74. The number of hydrogen-bond acceptors (Lipinski definition) is 3. The van der Waals surface area contributed by atoms with Crippen molar-refractivity contribution >= 4 is 29.1 Å². The van der Waals surface area contributed by atoms with Gasteiger partial charge in [-0.15, -0.1) is 11.8 Å². The Labute approximate surface area is 135 Å². The summed E-state index contributed by atoms with van der Waals surface area (Å²) in [5.41, 5.74) is 2.52. The van der Waals surface area contributed by atoms with E-state index in [0.717, 1.165) is 16.1 Å². The Morgan fingerprint density at radius 1 is 0.955 bits per heavy atom. The molecule has 0 fully saturated rings. The number of thioether (sulfide) groups is 1. The van der Waals surface area contributed by atoms with Gasteiger partial charge in [-0.25, -0.2) is 0 Å². The molecule has 0 aliphatic heterocycles. The summed E-state index contributed by atoms with van der Waals surface area (Å²) in [6, 6.07) is 15.1. The van der Waals surface area contributed by atoms with E-state index in [9.17, 15) is 9.59 Å². The highest BCUT2D eigenvalue weighted by atomic mass is 32.2. The molecule has 4 heteroatoms. The van der Waals surface area contributed by atoms with Crippen LogP contribution in [0.15, 0.2) is 53.4 Å². The van der Waals surface area contributed by atoms with Crippen molar-refractivity contribution in [3.63, 3.8) is 0 Å². The average molecular weight is 313 g/mol. The van der Waals surface area contributed by atoms with E-state index in [-0.39, 0.29) is 24.5 Å². The Hall–Kier alpha value is -2.07. The number of benzene rings is 2. The van der Waals surface area contributed by atoms with Crippen molar-refractivity contribution in [3.05, 3.63) is 59.7 Å². The van der Waals surface area contributed by atoms with Crippen molar-refractivity contribution < 1.29 is 9.59 Å². The molecular formula is C18H19NO2S. The fraction of sp³-hybridized carbons (Fsp3) is 0.222. The summed E-state index contributed by atoms with van der Waals surface area (Å²) >= 11 is 1.65. The highest BCUT2D eigenvalue weighted by Crippen LogP contribution is 2.17. The van der Waals surface area contributed by atoms with E-state index in [4.69, 9.17) is 0 Å². The molecule has 0 saturated heterocycles. The van der Waals surface area contributed by atoms with E-state index in [2.05, 4.69) is 5.32 Å². The van der Waals surface area contributed by atoms with Gasteiger partial charge in [0.1, 0.15) is 0 Å². The molecule has 1 amide bonds. The maximum Gasteiger partial charge on any atom is 0.224 e. The molecule has 114 valence electrons. The molecule has 2 rings (SSSR count). The molecule has 3 nitrogen and oxygen atoms in total. The number of Topliss-reactive ketones (excluding diaryl/α,β-unsaturated/α-hetero) is 1. The van der Waals surface area contributed by atoms with Gasteiger partial charge in [0.15, 0.2) is 5.78 Å². The molecule has 0 spiro atoms. The van der Waals surface area contributed by atoms with Crippen LogP contribution in [0.25, 0.3) is 0 Å². The molecule has 22 heavy (non-hydrogen) atoms. The number of hydrogen-bond donors (Lipinski definition) is 1. The van der Waals surface area contributed by atoms with Crippen LogP contribution in [-0.4, -0.2) is 17.9 Å². The van der Waals surface area contributed by atoms with Crippen molar-refractivity contribution in [2.75, 3.05) is 11.6 Å². The molecule has 0 unspecified atom stereocenters. The van der Waals surface area contributed by atoms with Crippen LogP contribution in [-0.2, 0) is 4.79 Å². The second-order valence-electron chi connectivity index (χ2n) is 5.07. The third-order valence-corrected chi connectivity index (χ3v) is 4.07. The van der Waals surface area contributed by atoms with Gasteiger partial charge >= 0.3 is 0 Å². The molecule has 0 heterocycles. The Bertz CT molecular complexity index is 648. The lowest BCUT2D eigenvalue weighted by atomic mass is 10.0. The third-order valence-electron chi connectivity index (χ3n) is 3.33. The van der Waals surface area contributed by atoms with Gasteiger partial charge in [0.2, 0.25) is 5.91 Å². The first kappa shape index (κ1) is 16.3. The molecule has 0 radical (unpaired) electrons. The zero-order valence-electron chi connectivity index (χ0n) is 12.8. The Morgan fingerprint density at radius 3 is 2.18 bits per heavy atom. The number of ketones is 1. The molecule has 0 aliphatic rings. The summed E-state index contributed by atoms with van der Waals surface area (Å²) in [5, 5.41) is 2.81. The lowest BCUT2D eigenvalue weighted by Gasteiger charge is -2.06. The first-order valence-corrected chi connectivity index (χ1v) is 8.35. The molecule has 0 aliphatic carbocycles. The second-order valence-corrected chi connectivity index (χ2v) is 5.95. The molecule has 1 N–H and O–H groups in total. The molecule has 0 saturated carbocycles. The van der Waals surface area contributed by atoms with E-state index in [1.807, 2.05) is 49.6 Å². The van der Waals surface area contributed by atoms with Gasteiger partial charge in [-0.1, -0.05) is 29.8 Å². The van der Waals surface area contributed by atoms with Crippen LogP contribution < -0.4 is 5.32 Å². The van der Waals surface area contributed by atoms with Crippen LogP contribution in [0.3, 0.4) is 0 Å². The number of nitrogens with one attached hydrogen (secondary N) is 1. The predicted molar refractivity (Wildman–Crippen MR) is 91.6 cm³/mol. The van der Waals surface area contributed by atoms with Crippen LogP contribution in [0, 0.1) is 6.92 Å². The first-order valence-electron chi connectivity index (χ1n) is 7.12. The van der Waals surface area contributed by atoms with Gasteiger partial charge in [0, 0.05) is 29.0 Å². The smallest absolute Gasteiger partial charge is 0.224 e. The summed E-state index contributed by atoms with van der Waals surface area (Å²) in [6.07, 6.45) is 2.42. The van der Waals surface area contributed by atoms with Crippen LogP contribution in [0.4, 0.5) is 5.69 Å². The van der Waals surface area contributed by atoms with Crippen molar-refractivity contribution in [2.24, 2.45) is 0 Å². The quantitative estimate of drug-likeness (QED) is 0.638. The Balaban J connectivity index is 1.84. The lowest BCUT2D eigenvalue weighted by Crippen LogP contribution is -2.13. The topological polar surface area (TPSA) is 46.2 Å². The van der Waals surface area contributed by atoms with Gasteiger partial charge in [-0.05, 0) is 37.4 Å². The van der Waals surface area contributed by atoms with E-state index >= 15 is 0 Å². The number of rotatable bonds is 6. The molecule has 2 aromatic carbocycles. The average Bonchev–Trinajstić information content (AvgIpc) is 2.54. The number of amides is 1. The van der Waals surface area contributed by atoms with Crippen molar-refractivity contribution in [2.45, 2.75) is 24.7 Å². The number of carbonyl (C=O) groups is 2. The lowest BCUT2D eigenvalue weighted by molar-refractivity contribution is -0.116. The van der Waals surface area contributed by atoms with Crippen LogP contribution in [0.2, 0.25) is 0 Å². The van der Waals surface area contributed by atoms with Crippen LogP contribution >= 0.6 is 11.8 Å². The molecule has 0 aromatic heterocycles. The summed E-state index contributed by atoms with van der Waals surface area (Å²) in [7, 11) is 0. The standard InChI is InChI=1S/C18H19NO2S/c1-13-3-5-14(6-4-13)17(20)11-12-18(21)19-15-7-9-16(22-2)10-8-15/h3-10H,11-12H2,1-2H3,(H,19,21). The molecular weight excluding hydrogens is 294 g/mol. The monoisotopic (exact) mass is 313 g/mol. The van der Waals surface area contributed by atoms with Crippen molar-refractivity contribution in [1.29, 1.82) is 0 Å². The maximum absolute atomic E-state index is 12.0. The van der Waals surface area contributed by atoms with Crippen molar-refractivity contribution in [3.8, 4) is 0 Å². The van der Waals surface area contributed by atoms with Gasteiger partial charge < -0.3 is 5.32 Å². The first-order chi connectivity index (χ1) is 10.6. The van der Waals surface area contributed by atoms with Gasteiger partial charge in [0.05, 0.1) is 0 Å². The number of anilines is 1. The fourth-order valence-corrected chi connectivity index (χ4v) is 2.42. The van der Waals surface area contributed by atoms with Gasteiger partial charge in [-0.3, -0.25) is 9.59 Å². The molecule has 2 aromatic rings. The van der Waals surface area contributed by atoms with Crippen LogP contribution in [0.1, 0.15) is 28.8 Å². The highest BCUT2D eigenvalue weighted by Gasteiger charge is 2.09. The minimum atomic E-state index is -0.141. The van der Waals surface area contributed by atoms with Crippen LogP contribution in [0.5, 0.6) is 0 Å². The number of aryl methyl sites for hydroxylation is 1. The summed E-state index contributed by atoms with van der Waals surface area (Å²) in [5.74, 6) is -0.148. The van der Waals surface area contributed by atoms with E-state index in [1.165, 1.54) is 0 Å². The minimum Gasteiger partial charge on any atom is -0.326 e. The normalized spacial score (nSPS) is 10.3. The molecule has 0 bridgehead atoms. The highest BCUT2D eigenvalue weighted by molar-refractivity contribution is 7.98. The van der Waals surface area contributed by atoms with Crippen molar-refractivity contribution in [1.82, 2.24) is 0 Å². The van der Waals surface area contributed by atoms with E-state index in [1.54, 1.807) is 23.9 Å². The SMILES string of the molecule is CSc1ccc(NC(=O)CCC(=O)c2ccc(C)cc2)cc1. The molecule has 0 atom stereocenters. The van der Waals surface area contributed by atoms with Gasteiger partial charge in [0.25, 0.3) is 0 Å². The zero-order valence-corrected chi connectivity index (χ0v) is 13.6. The maximum atomic E-state index is 12.0. The summed E-state index contributed by atoms with van der Waals surface area (Å²) in [4.78, 5) is 25.0. The second kappa shape index (κ2) is 7.80. The van der Waals surface area contributed by atoms with Gasteiger partial charge in [-0.2, -0.15) is 0 Å². The summed E-state index contributed by atoms with van der Waals surface area (Å²) < 4.78 is 0. The summed E-state index contributed by atoms with van der Waals surface area (Å²) in [6.45, 7) is 1.98. The van der Waals surface area contributed by atoms with E-state index < -0.39 is 0 Å². The number of carbonyl (C=O) groups excluding carboxylic acids is 2. The predicted octanol–water partition coefficient (Wildman–Crippen LogP) is 4.32. The Morgan fingerprint density at radius 2 is 1.59 bits per heavy atom.